The molecule has 16 bridgehead atoms. The standard InChI is InChI=1S/2C44H30N4O10S3.3Zn/c2*49-29-9-1-25(2-10-29)41-33-17-19-35(45-33)42(26-3-11-30(12-4-26)59(50,51)52)37-21-23-39(47-37)44(28-7-15-32(16-8-28)61(56,57)58)40-24-22-38(48-40)43(36-20-18-34(41)46-36)27-5-13-31(14-6-27)60(53,54)55;;;/h2*1-24,45,48-49H,(H,50,51,52)(H,53,54,55)(H,56,57,58);;;/q;;3*+2/p-6. The molecular weight excluding hydrogens is 1880 g/mol. The molecule has 0 spiro atoms. The van der Waals surface area contributed by atoms with E-state index in [1.54, 1.807) is 121 Å². The van der Waals surface area contributed by atoms with Gasteiger partial charge in [0.05, 0.1) is 74.9 Å². The molecule has 0 saturated heterocycles. The fourth-order valence-corrected chi connectivity index (χ4v) is 17.6. The van der Waals surface area contributed by atoms with Crippen LogP contribution in [-0.4, -0.2) is 128 Å². The van der Waals surface area contributed by atoms with E-state index >= 15 is 0 Å². The van der Waals surface area contributed by atoms with Crippen LogP contribution in [-0.2, 0) is 119 Å². The predicted molar refractivity (Wildman–Crippen MR) is 452 cm³/mol. The maximum Gasteiger partial charge on any atom is 2.00 e. The van der Waals surface area contributed by atoms with Gasteiger partial charge in [-0.2, -0.15) is 0 Å². The number of rotatable bonds is 14. The van der Waals surface area contributed by atoms with Crippen LogP contribution in [0.2, 0.25) is 0 Å². The number of hydrogen-bond donors (Lipinski definition) is 6. The number of aromatic hydroxyl groups is 2. The molecule has 0 fully saturated rings. The molecular formula is C88H54N8O20S6Zn3. The van der Waals surface area contributed by atoms with Crippen molar-refractivity contribution in [3.63, 3.8) is 0 Å². The molecule has 0 aliphatic carbocycles. The van der Waals surface area contributed by atoms with Gasteiger partial charge >= 0.3 is 58.4 Å². The quantitative estimate of drug-likeness (QED) is 0.0435. The van der Waals surface area contributed by atoms with Crippen molar-refractivity contribution in [3.05, 3.63) is 288 Å². The van der Waals surface area contributed by atoms with Crippen LogP contribution in [0.1, 0.15) is 45.6 Å². The van der Waals surface area contributed by atoms with Gasteiger partial charge < -0.3 is 57.5 Å². The Kier molecular flexibility index (Phi) is 24.6. The Bertz CT molecular complexity index is 7400. The molecule has 4 aliphatic heterocycles. The Balaban J connectivity index is 0.000000198. The zero-order valence-corrected chi connectivity index (χ0v) is 78.1. The number of aromatic nitrogens is 8. The first-order chi connectivity index (χ1) is 58.0. The summed E-state index contributed by atoms with van der Waals surface area (Å²) in [5, 5.41) is 20.4. The van der Waals surface area contributed by atoms with Crippen LogP contribution in [0.4, 0.5) is 0 Å². The summed E-state index contributed by atoms with van der Waals surface area (Å²) in [6.45, 7) is 0. The number of H-pyrrole nitrogens is 4. The molecule has 125 heavy (non-hydrogen) atoms. The van der Waals surface area contributed by atoms with Gasteiger partial charge in [0.2, 0.25) is 0 Å². The third kappa shape index (κ3) is 18.3. The number of nitrogens with one attached hydrogen (secondary N) is 4. The van der Waals surface area contributed by atoms with E-state index in [0.717, 1.165) is 0 Å². The van der Waals surface area contributed by atoms with Crippen LogP contribution in [0.15, 0.2) is 272 Å². The van der Waals surface area contributed by atoms with Gasteiger partial charge in [-0.05, 0) is 239 Å². The molecule has 37 heteroatoms. The van der Waals surface area contributed by atoms with Gasteiger partial charge in [-0.1, -0.05) is 97.1 Å². The summed E-state index contributed by atoms with van der Waals surface area (Å²) in [6.07, 6.45) is 14.2. The first-order valence-corrected chi connectivity index (χ1v) is 44.8. The maximum absolute atomic E-state index is 11.9. The summed E-state index contributed by atoms with van der Waals surface area (Å²) >= 11 is 0. The Morgan fingerprint density at radius 3 is 0.408 bits per heavy atom. The van der Waals surface area contributed by atoms with E-state index in [1.807, 2.05) is 24.3 Å². The van der Waals surface area contributed by atoms with Gasteiger partial charge in [-0.25, -0.2) is 70.4 Å². The molecule has 14 aromatic rings. The summed E-state index contributed by atoms with van der Waals surface area (Å²) in [5.41, 5.74) is 16.6. The molecule has 4 aliphatic rings. The predicted octanol–water partition coefficient (Wildman–Crippen LogP) is 15.5. The van der Waals surface area contributed by atoms with Crippen molar-refractivity contribution < 1.29 is 146 Å². The Labute approximate surface area is 751 Å². The number of aromatic amines is 4. The summed E-state index contributed by atoms with van der Waals surface area (Å²) in [7, 11) is -28.6. The van der Waals surface area contributed by atoms with E-state index < -0.39 is 90.1 Å². The van der Waals surface area contributed by atoms with E-state index in [9.17, 15) is 88.0 Å². The molecule has 0 atom stereocenters. The number of fused-ring (bicyclic) bond motifs is 16. The molecule has 0 amide bonds. The van der Waals surface area contributed by atoms with Gasteiger partial charge in [0.1, 0.15) is 72.2 Å². The Morgan fingerprint density at radius 1 is 0.184 bits per heavy atom. The van der Waals surface area contributed by atoms with E-state index in [1.165, 1.54) is 146 Å². The average Bonchev–Trinajstić information content (AvgIpc) is 1.61. The fourth-order valence-electron chi connectivity index (χ4n) is 14.8. The van der Waals surface area contributed by atoms with Crippen molar-refractivity contribution in [3.8, 4) is 101 Å². The molecule has 0 saturated carbocycles. The Hall–Kier alpha value is -12.1. The van der Waals surface area contributed by atoms with E-state index in [-0.39, 0.29) is 69.9 Å². The van der Waals surface area contributed by atoms with Crippen molar-refractivity contribution >= 4 is 153 Å². The second kappa shape index (κ2) is 34.4. The van der Waals surface area contributed by atoms with Crippen molar-refractivity contribution in [2.24, 2.45) is 0 Å². The molecule has 0 unspecified atom stereocenters. The minimum atomic E-state index is -4.77. The minimum absolute atomic E-state index is 0. The van der Waals surface area contributed by atoms with Crippen molar-refractivity contribution in [1.29, 1.82) is 0 Å². The summed E-state index contributed by atoms with van der Waals surface area (Å²) in [6, 6.07) is 59.9. The summed E-state index contributed by atoms with van der Waals surface area (Å²) in [4.78, 5) is 31.6. The summed E-state index contributed by atoms with van der Waals surface area (Å²) in [5.74, 6) is 0.0878. The van der Waals surface area contributed by atoms with Gasteiger partial charge in [0, 0.05) is 88.6 Å². The fraction of sp³-hybridized carbons (Fsp3) is 0. The van der Waals surface area contributed by atoms with Gasteiger partial charge in [0.25, 0.3) is 0 Å². The van der Waals surface area contributed by atoms with Crippen LogP contribution in [0, 0.1) is 0 Å². The van der Waals surface area contributed by atoms with Gasteiger partial charge in [0.15, 0.2) is 0 Å². The summed E-state index contributed by atoms with van der Waals surface area (Å²) < 4.78 is 214. The topological polar surface area (TPSA) is 498 Å². The van der Waals surface area contributed by atoms with Crippen molar-refractivity contribution in [2.45, 2.75) is 29.4 Å². The number of hydrogen-bond acceptors (Lipinski definition) is 24. The minimum Gasteiger partial charge on any atom is -0.744 e. The number of nitrogens with zero attached hydrogens (tertiary/aromatic N) is 4. The van der Waals surface area contributed by atoms with Crippen LogP contribution in [0.25, 0.3) is 182 Å². The number of benzene rings is 8. The normalized spacial score (nSPS) is 12.5. The van der Waals surface area contributed by atoms with Crippen LogP contribution < -0.4 is 0 Å². The van der Waals surface area contributed by atoms with E-state index in [2.05, 4.69) is 19.9 Å². The average molecular weight is 1930 g/mol. The molecule has 6 aromatic heterocycles. The largest absolute Gasteiger partial charge is 2.00 e. The van der Waals surface area contributed by atoms with Crippen molar-refractivity contribution in [1.82, 2.24) is 39.9 Å². The monoisotopic (exact) mass is 1930 g/mol. The second-order valence-corrected chi connectivity index (χ2v) is 36.2. The first kappa shape index (κ1) is 89.2. The molecule has 8 aromatic carbocycles. The zero-order valence-electron chi connectivity index (χ0n) is 64.3. The van der Waals surface area contributed by atoms with E-state index in [4.69, 9.17) is 19.9 Å². The first-order valence-electron chi connectivity index (χ1n) is 36.3. The van der Waals surface area contributed by atoms with Crippen LogP contribution in [0.5, 0.6) is 11.5 Å². The van der Waals surface area contributed by atoms with Gasteiger partial charge in [-0.3, -0.25) is 0 Å². The van der Waals surface area contributed by atoms with E-state index in [0.29, 0.717) is 179 Å². The molecule has 28 nitrogen and oxygen atoms in total. The van der Waals surface area contributed by atoms with Crippen LogP contribution >= 0.6 is 0 Å². The third-order valence-corrected chi connectivity index (χ3v) is 25.5. The number of phenolic OH excluding ortho intramolecular Hbond substituents is 2. The molecule has 0 radical (unpaired) electrons. The number of phenols is 2. The SMILES string of the molecule is O=S(=O)([O-])c1ccc(-c2c3nc(c(-c4ccc(S(=O)(=O)[O-])cc4)c4ccc([nH]4)c(-c4ccc(S(=O)(=O)[O-])cc4)c4nc(c(-c5ccc(O)cc5)c5ccc2[nH]5)C=C4)C=C3)cc1.O=S(=O)([O-])c1ccc(-c2c3nc(c(-c4ccc(S(=O)(=O)[O-])cc4)c4ccc([nH]4)c(-c4ccc(S(=O)(=O)[O-])cc4)c4nc(c(-c5ccc(O)cc5)c5ccc2[nH]5)C=C4)C=C3)cc1.[Zn+2].[Zn+2].[Zn+2]. The maximum atomic E-state index is 11.9. The smallest absolute Gasteiger partial charge is 0.744 e. The third-order valence-electron chi connectivity index (χ3n) is 20.4. The van der Waals surface area contributed by atoms with Crippen LogP contribution in [0.3, 0.4) is 0 Å². The Morgan fingerprint density at radius 2 is 0.296 bits per heavy atom. The molecule has 6 N–H and O–H groups in total. The van der Waals surface area contributed by atoms with Crippen molar-refractivity contribution in [2.75, 3.05) is 0 Å². The molecule has 608 valence electrons. The second-order valence-electron chi connectivity index (χ2n) is 28.0. The molecule has 18 rings (SSSR count). The van der Waals surface area contributed by atoms with Gasteiger partial charge in [-0.15, -0.1) is 0 Å². The molecule has 10 heterocycles. The zero-order chi connectivity index (χ0) is 85.7.